The van der Waals surface area contributed by atoms with E-state index in [9.17, 15) is 0 Å². The van der Waals surface area contributed by atoms with Crippen LogP contribution in [0.4, 0.5) is 0 Å². The van der Waals surface area contributed by atoms with Crippen molar-refractivity contribution >= 4 is 11.8 Å². The molecule has 0 bridgehead atoms. The Morgan fingerprint density at radius 2 is 1.52 bits per heavy atom. The molecule has 0 heterocycles. The van der Waals surface area contributed by atoms with E-state index in [1.54, 1.807) is 0 Å². The van der Waals surface area contributed by atoms with E-state index in [-0.39, 0.29) is 5.54 Å². The smallest absolute Gasteiger partial charge is 0.0221 e. The first-order valence-corrected chi connectivity index (χ1v) is 8.24. The number of nitrogens with one attached hydrogen (secondary N) is 1. The highest BCUT2D eigenvalue weighted by Gasteiger charge is 2.11. The molecule has 0 aliphatic rings. The van der Waals surface area contributed by atoms with E-state index in [0.29, 0.717) is 0 Å². The molecule has 0 unspecified atom stereocenters. The van der Waals surface area contributed by atoms with Crippen LogP contribution in [0.5, 0.6) is 0 Å². The van der Waals surface area contributed by atoms with Gasteiger partial charge in [-0.25, -0.2) is 0 Å². The molecule has 0 amide bonds. The molecule has 21 heavy (non-hydrogen) atoms. The monoisotopic (exact) mass is 299 g/mol. The van der Waals surface area contributed by atoms with E-state index in [4.69, 9.17) is 0 Å². The van der Waals surface area contributed by atoms with E-state index < -0.39 is 0 Å². The maximum Gasteiger partial charge on any atom is 0.0221 e. The van der Waals surface area contributed by atoms with Gasteiger partial charge in [0.25, 0.3) is 0 Å². The van der Waals surface area contributed by atoms with Crippen molar-refractivity contribution in [1.29, 1.82) is 0 Å². The Labute approximate surface area is 133 Å². The zero-order valence-electron chi connectivity index (χ0n) is 13.7. The van der Waals surface area contributed by atoms with E-state index in [2.05, 4.69) is 82.4 Å². The molecule has 0 fully saturated rings. The number of rotatable bonds is 4. The standard InChI is InChI=1S/C19H25NS/c1-14-6-9-17(10-7-14)21-18-11-8-15(2)12-16(18)13-20-19(3,4)5/h6-12,20H,13H2,1-5H3. The Morgan fingerprint density at radius 3 is 2.14 bits per heavy atom. The lowest BCUT2D eigenvalue weighted by Gasteiger charge is -2.22. The van der Waals surface area contributed by atoms with Crippen LogP contribution < -0.4 is 5.32 Å². The van der Waals surface area contributed by atoms with Crippen LogP contribution in [-0.4, -0.2) is 5.54 Å². The second-order valence-corrected chi connectivity index (χ2v) is 7.75. The lowest BCUT2D eigenvalue weighted by Crippen LogP contribution is -2.35. The predicted molar refractivity (Wildman–Crippen MR) is 93.1 cm³/mol. The van der Waals surface area contributed by atoms with Gasteiger partial charge in [-0.2, -0.15) is 0 Å². The minimum atomic E-state index is 0.134. The quantitative estimate of drug-likeness (QED) is 0.817. The molecule has 2 rings (SSSR count). The van der Waals surface area contributed by atoms with Crippen molar-refractivity contribution < 1.29 is 0 Å². The number of hydrogen-bond donors (Lipinski definition) is 1. The largest absolute Gasteiger partial charge is 0.308 e. The maximum absolute atomic E-state index is 3.59. The van der Waals surface area contributed by atoms with Gasteiger partial charge in [-0.05, 0) is 58.4 Å². The van der Waals surface area contributed by atoms with E-state index in [1.807, 2.05) is 11.8 Å². The van der Waals surface area contributed by atoms with Gasteiger partial charge in [0.05, 0.1) is 0 Å². The van der Waals surface area contributed by atoms with Crippen molar-refractivity contribution in [2.24, 2.45) is 0 Å². The van der Waals surface area contributed by atoms with Crippen LogP contribution in [-0.2, 0) is 6.54 Å². The Kier molecular flexibility index (Phi) is 5.13. The first kappa shape index (κ1) is 16.1. The van der Waals surface area contributed by atoms with Gasteiger partial charge in [0.15, 0.2) is 0 Å². The molecule has 2 aromatic carbocycles. The highest BCUT2D eigenvalue weighted by atomic mass is 32.2. The van der Waals surface area contributed by atoms with Gasteiger partial charge in [0.1, 0.15) is 0 Å². The molecule has 0 atom stereocenters. The fourth-order valence-electron chi connectivity index (χ4n) is 2.04. The van der Waals surface area contributed by atoms with Crippen LogP contribution in [0.1, 0.15) is 37.5 Å². The minimum Gasteiger partial charge on any atom is -0.308 e. The third-order valence-electron chi connectivity index (χ3n) is 3.27. The fraction of sp³-hybridized carbons (Fsp3) is 0.368. The summed E-state index contributed by atoms with van der Waals surface area (Å²) in [7, 11) is 0. The number of benzene rings is 2. The molecule has 0 saturated carbocycles. The second kappa shape index (κ2) is 6.67. The molecule has 0 spiro atoms. The van der Waals surface area contributed by atoms with Gasteiger partial charge in [-0.1, -0.05) is 47.2 Å². The summed E-state index contributed by atoms with van der Waals surface area (Å²) in [6, 6.07) is 15.4. The zero-order chi connectivity index (χ0) is 15.5. The summed E-state index contributed by atoms with van der Waals surface area (Å²) >= 11 is 1.84. The molecule has 0 aliphatic carbocycles. The number of aryl methyl sites for hydroxylation is 2. The van der Waals surface area contributed by atoms with Crippen LogP contribution in [0.15, 0.2) is 52.3 Å². The molecule has 1 nitrogen and oxygen atoms in total. The summed E-state index contributed by atoms with van der Waals surface area (Å²) in [5, 5.41) is 3.59. The van der Waals surface area contributed by atoms with Gasteiger partial charge >= 0.3 is 0 Å². The molecule has 2 aromatic rings. The Morgan fingerprint density at radius 1 is 0.905 bits per heavy atom. The molecule has 0 saturated heterocycles. The van der Waals surface area contributed by atoms with Crippen molar-refractivity contribution in [2.45, 2.75) is 56.5 Å². The SMILES string of the molecule is Cc1ccc(Sc2ccc(C)cc2CNC(C)(C)C)cc1. The third kappa shape index (κ3) is 5.22. The normalized spacial score (nSPS) is 11.7. The first-order valence-electron chi connectivity index (χ1n) is 7.42. The topological polar surface area (TPSA) is 12.0 Å². The third-order valence-corrected chi connectivity index (χ3v) is 4.40. The Bertz CT molecular complexity index is 594. The van der Waals surface area contributed by atoms with Gasteiger partial charge in [-0.15, -0.1) is 0 Å². The Balaban J connectivity index is 2.20. The second-order valence-electron chi connectivity index (χ2n) is 6.63. The molecular formula is C19H25NS. The Hall–Kier alpha value is -1.25. The first-order chi connectivity index (χ1) is 9.83. The minimum absolute atomic E-state index is 0.134. The van der Waals surface area contributed by atoms with Crippen LogP contribution >= 0.6 is 11.8 Å². The van der Waals surface area contributed by atoms with Crippen molar-refractivity contribution in [3.8, 4) is 0 Å². The van der Waals surface area contributed by atoms with Crippen LogP contribution in [0.25, 0.3) is 0 Å². The van der Waals surface area contributed by atoms with Crippen molar-refractivity contribution in [3.63, 3.8) is 0 Å². The molecular weight excluding hydrogens is 274 g/mol. The van der Waals surface area contributed by atoms with Crippen LogP contribution in [0, 0.1) is 13.8 Å². The highest BCUT2D eigenvalue weighted by Crippen LogP contribution is 2.31. The fourth-order valence-corrected chi connectivity index (χ4v) is 2.96. The zero-order valence-corrected chi connectivity index (χ0v) is 14.5. The van der Waals surface area contributed by atoms with Crippen molar-refractivity contribution in [1.82, 2.24) is 5.32 Å². The molecule has 2 heteroatoms. The lowest BCUT2D eigenvalue weighted by molar-refractivity contribution is 0.422. The number of hydrogen-bond acceptors (Lipinski definition) is 2. The lowest BCUT2D eigenvalue weighted by atomic mass is 10.1. The molecule has 0 aromatic heterocycles. The molecule has 112 valence electrons. The van der Waals surface area contributed by atoms with Crippen molar-refractivity contribution in [3.05, 3.63) is 59.2 Å². The summed E-state index contributed by atoms with van der Waals surface area (Å²) in [5.41, 5.74) is 4.12. The van der Waals surface area contributed by atoms with Gasteiger partial charge in [-0.3, -0.25) is 0 Å². The van der Waals surface area contributed by atoms with Gasteiger partial charge in [0, 0.05) is 21.9 Å². The summed E-state index contributed by atoms with van der Waals surface area (Å²) in [4.78, 5) is 2.63. The summed E-state index contributed by atoms with van der Waals surface area (Å²) in [6.07, 6.45) is 0. The molecule has 0 aliphatic heterocycles. The predicted octanol–water partition coefficient (Wildman–Crippen LogP) is 5.34. The van der Waals surface area contributed by atoms with E-state index in [0.717, 1.165) is 6.54 Å². The summed E-state index contributed by atoms with van der Waals surface area (Å²) in [6.45, 7) is 11.8. The van der Waals surface area contributed by atoms with E-state index >= 15 is 0 Å². The average Bonchev–Trinajstić information content (AvgIpc) is 2.40. The summed E-state index contributed by atoms with van der Waals surface area (Å²) < 4.78 is 0. The average molecular weight is 299 g/mol. The highest BCUT2D eigenvalue weighted by molar-refractivity contribution is 7.99. The van der Waals surface area contributed by atoms with E-state index in [1.165, 1.54) is 26.5 Å². The van der Waals surface area contributed by atoms with Crippen molar-refractivity contribution in [2.75, 3.05) is 0 Å². The van der Waals surface area contributed by atoms with Crippen LogP contribution in [0.3, 0.4) is 0 Å². The van der Waals surface area contributed by atoms with Gasteiger partial charge < -0.3 is 5.32 Å². The molecule has 0 radical (unpaired) electrons. The molecule has 1 N–H and O–H groups in total. The summed E-state index contributed by atoms with van der Waals surface area (Å²) in [5.74, 6) is 0. The van der Waals surface area contributed by atoms with Crippen LogP contribution in [0.2, 0.25) is 0 Å². The van der Waals surface area contributed by atoms with Gasteiger partial charge in [0.2, 0.25) is 0 Å². The maximum atomic E-state index is 3.59.